The van der Waals surface area contributed by atoms with Gasteiger partial charge in [0.1, 0.15) is 16.9 Å². The predicted molar refractivity (Wildman–Crippen MR) is 149 cm³/mol. The van der Waals surface area contributed by atoms with Crippen molar-refractivity contribution in [3.63, 3.8) is 0 Å². The van der Waals surface area contributed by atoms with Gasteiger partial charge in [-0.15, -0.1) is 0 Å². The SMILES string of the molecule is O=C1C(=Cc2nc3oc(-c4cc5ccccc5o4)cc3n2-c2ccccc2)C(=O)c2cc3ccccc3cc21. The molecule has 8 rings (SSSR count). The van der Waals surface area contributed by atoms with Gasteiger partial charge < -0.3 is 8.83 Å². The van der Waals surface area contributed by atoms with E-state index in [-0.39, 0.29) is 17.1 Å². The van der Waals surface area contributed by atoms with Gasteiger partial charge in [0.2, 0.25) is 5.71 Å². The van der Waals surface area contributed by atoms with Crippen molar-refractivity contribution in [2.75, 3.05) is 0 Å². The molecule has 0 aliphatic heterocycles. The summed E-state index contributed by atoms with van der Waals surface area (Å²) in [5, 5.41) is 2.81. The topological polar surface area (TPSA) is 78.2 Å². The van der Waals surface area contributed by atoms with Crippen molar-refractivity contribution in [3.05, 3.63) is 126 Å². The van der Waals surface area contributed by atoms with Crippen LogP contribution in [0, 0.1) is 0 Å². The summed E-state index contributed by atoms with van der Waals surface area (Å²) in [5.41, 5.74) is 3.58. The third kappa shape index (κ3) is 3.25. The fourth-order valence-electron chi connectivity index (χ4n) is 5.33. The molecule has 39 heavy (non-hydrogen) atoms. The zero-order valence-electron chi connectivity index (χ0n) is 20.4. The number of fused-ring (bicyclic) bond motifs is 4. The van der Waals surface area contributed by atoms with Crippen molar-refractivity contribution in [2.45, 2.75) is 0 Å². The lowest BCUT2D eigenvalue weighted by molar-refractivity contribution is 0.0990. The Morgan fingerprint density at radius 2 is 1.26 bits per heavy atom. The van der Waals surface area contributed by atoms with Crippen LogP contribution in [0.5, 0.6) is 0 Å². The predicted octanol–water partition coefficient (Wildman–Crippen LogP) is 7.65. The monoisotopic (exact) mass is 506 g/mol. The Bertz CT molecular complexity index is 2070. The third-order valence-electron chi connectivity index (χ3n) is 7.20. The highest BCUT2D eigenvalue weighted by Crippen LogP contribution is 2.36. The first-order chi connectivity index (χ1) is 19.1. The molecule has 0 bridgehead atoms. The van der Waals surface area contributed by atoms with Crippen LogP contribution in [0.2, 0.25) is 0 Å². The van der Waals surface area contributed by atoms with E-state index in [4.69, 9.17) is 13.8 Å². The summed E-state index contributed by atoms with van der Waals surface area (Å²) in [5.74, 6) is 0.961. The minimum Gasteiger partial charge on any atom is -0.453 e. The summed E-state index contributed by atoms with van der Waals surface area (Å²) in [6.07, 6.45) is 1.57. The standard InChI is InChI=1S/C33H18N2O4/c36-31-23-14-19-8-4-5-9-20(19)15-24(23)32(37)25(31)17-30-34-33-26(35(30)22-11-2-1-3-12-22)18-29(39-33)28-16-21-10-6-7-13-27(21)38-28/h1-18H. The average molecular weight is 507 g/mol. The number of imidazole rings is 1. The number of allylic oxidation sites excluding steroid dienone is 1. The number of rotatable bonds is 3. The van der Waals surface area contributed by atoms with Crippen molar-refractivity contribution >= 4 is 50.6 Å². The van der Waals surface area contributed by atoms with Gasteiger partial charge in [-0.2, -0.15) is 4.98 Å². The highest BCUT2D eigenvalue weighted by atomic mass is 16.4. The van der Waals surface area contributed by atoms with Gasteiger partial charge in [0, 0.05) is 28.3 Å². The summed E-state index contributed by atoms with van der Waals surface area (Å²) < 4.78 is 14.0. The molecule has 0 saturated carbocycles. The molecule has 184 valence electrons. The number of aromatic nitrogens is 2. The van der Waals surface area contributed by atoms with E-state index < -0.39 is 0 Å². The Morgan fingerprint density at radius 3 is 1.95 bits per heavy atom. The fraction of sp³-hybridized carbons (Fsp3) is 0. The highest BCUT2D eigenvalue weighted by molar-refractivity contribution is 6.42. The first-order valence-electron chi connectivity index (χ1n) is 12.5. The Balaban J connectivity index is 1.29. The summed E-state index contributed by atoms with van der Waals surface area (Å²) in [4.78, 5) is 31.6. The Kier molecular flexibility index (Phi) is 4.43. The molecule has 0 N–H and O–H groups in total. The van der Waals surface area contributed by atoms with Crippen molar-refractivity contribution in [3.8, 4) is 17.2 Å². The number of para-hydroxylation sites is 2. The zero-order valence-corrected chi connectivity index (χ0v) is 20.4. The van der Waals surface area contributed by atoms with Crippen LogP contribution >= 0.6 is 0 Å². The summed E-state index contributed by atoms with van der Waals surface area (Å²) in [6.45, 7) is 0. The van der Waals surface area contributed by atoms with Crippen molar-refractivity contribution in [1.82, 2.24) is 9.55 Å². The maximum absolute atomic E-state index is 13.4. The second-order valence-electron chi connectivity index (χ2n) is 9.55. The largest absolute Gasteiger partial charge is 0.453 e. The van der Waals surface area contributed by atoms with E-state index in [1.54, 1.807) is 18.2 Å². The van der Waals surface area contributed by atoms with E-state index in [0.717, 1.165) is 27.4 Å². The number of ketones is 2. The molecule has 6 nitrogen and oxygen atoms in total. The Morgan fingerprint density at radius 1 is 0.641 bits per heavy atom. The molecule has 4 aromatic carbocycles. The molecule has 6 heteroatoms. The number of benzene rings is 4. The number of hydrogen-bond donors (Lipinski definition) is 0. The Labute approximate surface area is 221 Å². The van der Waals surface area contributed by atoms with Crippen LogP contribution < -0.4 is 0 Å². The molecule has 0 saturated heterocycles. The van der Waals surface area contributed by atoms with Gasteiger partial charge >= 0.3 is 0 Å². The van der Waals surface area contributed by atoms with Gasteiger partial charge in [-0.05, 0) is 53.2 Å². The fourth-order valence-corrected chi connectivity index (χ4v) is 5.33. The lowest BCUT2D eigenvalue weighted by Gasteiger charge is -2.06. The molecule has 1 aliphatic carbocycles. The van der Waals surface area contributed by atoms with Gasteiger partial charge in [0.15, 0.2) is 23.1 Å². The molecule has 0 unspecified atom stereocenters. The maximum Gasteiger partial charge on any atom is 0.246 e. The van der Waals surface area contributed by atoms with Gasteiger partial charge in [-0.3, -0.25) is 14.2 Å². The smallest absolute Gasteiger partial charge is 0.246 e. The van der Waals surface area contributed by atoms with Crippen molar-refractivity contribution in [2.24, 2.45) is 0 Å². The van der Waals surface area contributed by atoms with Gasteiger partial charge in [0.05, 0.1) is 5.57 Å². The minimum atomic E-state index is -0.303. The molecule has 7 aromatic rings. The third-order valence-corrected chi connectivity index (χ3v) is 7.20. The molecule has 1 aliphatic rings. The molecule has 0 spiro atoms. The summed E-state index contributed by atoms with van der Waals surface area (Å²) in [6, 6.07) is 32.5. The lowest BCUT2D eigenvalue weighted by atomic mass is 10.0. The molecular weight excluding hydrogens is 488 g/mol. The van der Waals surface area contributed by atoms with Gasteiger partial charge in [0.25, 0.3) is 0 Å². The van der Waals surface area contributed by atoms with Crippen LogP contribution in [-0.4, -0.2) is 21.1 Å². The number of Topliss-reactive ketones (excluding diaryl/α,β-unsaturated/α-hetero) is 2. The lowest BCUT2D eigenvalue weighted by Crippen LogP contribution is -2.03. The van der Waals surface area contributed by atoms with Crippen LogP contribution in [0.4, 0.5) is 0 Å². The quantitative estimate of drug-likeness (QED) is 0.182. The summed E-state index contributed by atoms with van der Waals surface area (Å²) >= 11 is 0. The summed E-state index contributed by atoms with van der Waals surface area (Å²) in [7, 11) is 0. The first kappa shape index (κ1) is 21.6. The number of carbonyl (C=O) groups is 2. The molecule has 0 radical (unpaired) electrons. The molecule has 3 heterocycles. The second-order valence-corrected chi connectivity index (χ2v) is 9.55. The number of furan rings is 2. The van der Waals surface area contributed by atoms with Gasteiger partial charge in [-0.25, -0.2) is 0 Å². The average Bonchev–Trinajstić information content (AvgIpc) is 3.71. The van der Waals surface area contributed by atoms with Crippen molar-refractivity contribution < 1.29 is 18.4 Å². The van der Waals surface area contributed by atoms with E-state index in [1.165, 1.54) is 0 Å². The molecular formula is C33H18N2O4. The van der Waals surface area contributed by atoms with Crippen molar-refractivity contribution in [1.29, 1.82) is 0 Å². The van der Waals surface area contributed by atoms with E-state index in [1.807, 2.05) is 95.6 Å². The normalized spacial score (nSPS) is 13.2. The van der Waals surface area contributed by atoms with E-state index in [9.17, 15) is 9.59 Å². The number of carbonyl (C=O) groups excluding carboxylic acids is 2. The van der Waals surface area contributed by atoms with E-state index in [0.29, 0.717) is 39.7 Å². The number of nitrogens with zero attached hydrogens (tertiary/aromatic N) is 2. The maximum atomic E-state index is 13.4. The van der Waals surface area contributed by atoms with Crippen LogP contribution in [0.3, 0.4) is 0 Å². The second kappa shape index (κ2) is 8.00. The van der Waals surface area contributed by atoms with Crippen LogP contribution in [0.1, 0.15) is 26.5 Å². The minimum absolute atomic E-state index is 0.0858. The molecule has 0 fully saturated rings. The van der Waals surface area contributed by atoms with E-state index >= 15 is 0 Å². The van der Waals surface area contributed by atoms with Crippen LogP contribution in [-0.2, 0) is 0 Å². The molecule has 0 amide bonds. The molecule has 3 aromatic heterocycles. The van der Waals surface area contributed by atoms with Crippen LogP contribution in [0.25, 0.3) is 56.3 Å². The van der Waals surface area contributed by atoms with Crippen LogP contribution in [0.15, 0.2) is 118 Å². The van der Waals surface area contributed by atoms with Gasteiger partial charge in [-0.1, -0.05) is 60.7 Å². The number of hydrogen-bond acceptors (Lipinski definition) is 5. The first-order valence-corrected chi connectivity index (χ1v) is 12.5. The highest BCUT2D eigenvalue weighted by Gasteiger charge is 2.34. The Hall–Kier alpha value is -5.49. The zero-order chi connectivity index (χ0) is 26.1. The molecule has 0 atom stereocenters. The van der Waals surface area contributed by atoms with E-state index in [2.05, 4.69) is 0 Å².